The number of amides is 2. The van der Waals surface area contributed by atoms with Crippen LogP contribution in [0, 0.1) is 6.92 Å². The summed E-state index contributed by atoms with van der Waals surface area (Å²) >= 11 is 1.31. The molecule has 1 fully saturated rings. The van der Waals surface area contributed by atoms with E-state index in [2.05, 4.69) is 26.0 Å². The summed E-state index contributed by atoms with van der Waals surface area (Å²) in [5, 5.41) is 18.2. The molecule has 1 saturated carbocycles. The van der Waals surface area contributed by atoms with Gasteiger partial charge in [0, 0.05) is 24.6 Å². The van der Waals surface area contributed by atoms with Gasteiger partial charge in [-0.25, -0.2) is 0 Å². The predicted molar refractivity (Wildman–Crippen MR) is 113 cm³/mol. The number of hydrogen-bond acceptors (Lipinski definition) is 7. The minimum absolute atomic E-state index is 0.138. The predicted octanol–water partition coefficient (Wildman–Crippen LogP) is 3.52. The van der Waals surface area contributed by atoms with E-state index in [-0.39, 0.29) is 11.8 Å². The van der Waals surface area contributed by atoms with Gasteiger partial charge in [0.2, 0.25) is 17.7 Å². The van der Waals surface area contributed by atoms with Gasteiger partial charge >= 0.3 is 0 Å². The topological polar surface area (TPSA) is 115 Å². The lowest BCUT2D eigenvalue weighted by Gasteiger charge is -2.14. The number of benzene rings is 1. The van der Waals surface area contributed by atoms with Crippen LogP contribution in [0.5, 0.6) is 0 Å². The number of anilines is 2. The van der Waals surface area contributed by atoms with Crippen molar-refractivity contribution in [1.29, 1.82) is 0 Å². The smallest absolute Gasteiger partial charge is 0.240 e. The number of rotatable bonds is 7. The summed E-state index contributed by atoms with van der Waals surface area (Å²) in [5.74, 6) is 1.19. The van der Waals surface area contributed by atoms with Crippen LogP contribution in [0.4, 0.5) is 11.6 Å². The molecule has 156 valence electrons. The number of carbonyl (C=O) groups is 2. The molecule has 0 aliphatic heterocycles. The van der Waals surface area contributed by atoms with E-state index in [9.17, 15) is 9.59 Å². The average Bonchev–Trinajstić information content (AvgIpc) is 3.33. The Labute approximate surface area is 177 Å². The van der Waals surface area contributed by atoms with E-state index in [0.29, 0.717) is 28.3 Å². The Morgan fingerprint density at radius 1 is 1.23 bits per heavy atom. The van der Waals surface area contributed by atoms with Crippen LogP contribution in [0.2, 0.25) is 0 Å². The van der Waals surface area contributed by atoms with Gasteiger partial charge in [-0.3, -0.25) is 19.5 Å². The van der Waals surface area contributed by atoms with Crippen LogP contribution in [0.1, 0.15) is 44.1 Å². The van der Waals surface area contributed by atoms with Gasteiger partial charge in [0.25, 0.3) is 0 Å². The van der Waals surface area contributed by atoms with Crippen molar-refractivity contribution in [2.75, 3.05) is 10.6 Å². The zero-order chi connectivity index (χ0) is 21.3. The first-order valence-corrected chi connectivity index (χ1v) is 10.5. The second-order valence-corrected chi connectivity index (χ2v) is 8.57. The van der Waals surface area contributed by atoms with E-state index in [4.69, 9.17) is 4.52 Å². The zero-order valence-electron chi connectivity index (χ0n) is 16.9. The molecule has 0 saturated heterocycles. The molecular formula is C20H22N6O3S. The van der Waals surface area contributed by atoms with Gasteiger partial charge in [-0.1, -0.05) is 23.0 Å². The van der Waals surface area contributed by atoms with Crippen molar-refractivity contribution in [3.8, 4) is 5.69 Å². The minimum Gasteiger partial charge on any atom is -0.338 e. The number of aryl methyl sites for hydroxylation is 1. The van der Waals surface area contributed by atoms with E-state index in [1.807, 2.05) is 28.8 Å². The van der Waals surface area contributed by atoms with Gasteiger partial charge in [0.15, 0.2) is 5.16 Å². The zero-order valence-corrected chi connectivity index (χ0v) is 17.7. The molecule has 0 radical (unpaired) electrons. The van der Waals surface area contributed by atoms with Crippen molar-refractivity contribution < 1.29 is 14.1 Å². The van der Waals surface area contributed by atoms with Crippen LogP contribution < -0.4 is 10.6 Å². The maximum Gasteiger partial charge on any atom is 0.240 e. The highest BCUT2D eigenvalue weighted by atomic mass is 32.2. The summed E-state index contributed by atoms with van der Waals surface area (Å²) in [6, 6.07) is 9.17. The molecule has 1 aromatic carbocycles. The first-order valence-electron chi connectivity index (χ1n) is 9.65. The molecule has 1 unspecified atom stereocenters. The quantitative estimate of drug-likeness (QED) is 0.556. The first kappa shape index (κ1) is 20.1. The number of nitrogens with zero attached hydrogens (tertiary/aromatic N) is 4. The third kappa shape index (κ3) is 4.54. The summed E-state index contributed by atoms with van der Waals surface area (Å²) < 4.78 is 7.03. The fourth-order valence-electron chi connectivity index (χ4n) is 2.99. The van der Waals surface area contributed by atoms with Crippen molar-refractivity contribution in [1.82, 2.24) is 19.9 Å². The Balaban J connectivity index is 1.58. The van der Waals surface area contributed by atoms with E-state index in [0.717, 1.165) is 24.4 Å². The largest absolute Gasteiger partial charge is 0.338 e. The number of nitrogens with one attached hydrogen (secondary N) is 2. The molecule has 3 aromatic rings. The Morgan fingerprint density at radius 2 is 2.03 bits per heavy atom. The van der Waals surface area contributed by atoms with Crippen LogP contribution in [-0.2, 0) is 9.59 Å². The van der Waals surface area contributed by atoms with Gasteiger partial charge in [-0.15, -0.1) is 10.2 Å². The molecule has 0 spiro atoms. The summed E-state index contributed by atoms with van der Waals surface area (Å²) in [6.07, 6.45) is 2.13. The van der Waals surface area contributed by atoms with Crippen molar-refractivity contribution in [3.05, 3.63) is 41.9 Å². The highest BCUT2D eigenvalue weighted by molar-refractivity contribution is 8.00. The summed E-state index contributed by atoms with van der Waals surface area (Å²) in [4.78, 5) is 24.0. The fraction of sp³-hybridized carbons (Fsp3) is 0.350. The van der Waals surface area contributed by atoms with E-state index in [1.165, 1.54) is 18.7 Å². The lowest BCUT2D eigenvalue weighted by atomic mass is 10.2. The lowest BCUT2D eigenvalue weighted by molar-refractivity contribution is -0.116. The molecular weight excluding hydrogens is 404 g/mol. The van der Waals surface area contributed by atoms with E-state index < -0.39 is 5.25 Å². The Morgan fingerprint density at radius 3 is 2.70 bits per heavy atom. The molecule has 9 nitrogen and oxygen atoms in total. The molecule has 0 bridgehead atoms. The summed E-state index contributed by atoms with van der Waals surface area (Å²) in [5.41, 5.74) is 2.23. The van der Waals surface area contributed by atoms with Gasteiger partial charge in [0.05, 0.1) is 16.6 Å². The van der Waals surface area contributed by atoms with Gasteiger partial charge in [-0.2, -0.15) is 0 Å². The van der Waals surface area contributed by atoms with Crippen LogP contribution in [0.15, 0.2) is 40.0 Å². The number of carbonyl (C=O) groups excluding carboxylic acids is 2. The molecule has 10 heteroatoms. The standard InChI is InChI=1S/C20H22N6O3S/c1-11-9-17(29-25-11)22-19(28)12(2)30-20-24-23-18(14-7-8-14)26(20)16-6-4-5-15(10-16)21-13(3)27/h4-6,9-10,12,14H,7-8H2,1-3H3,(H,21,27)(H,22,28). The fourth-order valence-corrected chi connectivity index (χ4v) is 3.86. The molecule has 2 N–H and O–H groups in total. The monoisotopic (exact) mass is 426 g/mol. The second-order valence-electron chi connectivity index (χ2n) is 7.26. The van der Waals surface area contributed by atoms with Crippen molar-refractivity contribution in [2.45, 2.75) is 49.9 Å². The van der Waals surface area contributed by atoms with Crippen LogP contribution in [0.25, 0.3) is 5.69 Å². The van der Waals surface area contributed by atoms with E-state index >= 15 is 0 Å². The van der Waals surface area contributed by atoms with Crippen molar-refractivity contribution >= 4 is 35.1 Å². The maximum atomic E-state index is 12.6. The van der Waals surface area contributed by atoms with Crippen LogP contribution in [-0.4, -0.2) is 37.0 Å². The average molecular weight is 427 g/mol. The second kappa shape index (κ2) is 8.31. The molecule has 2 aromatic heterocycles. The molecule has 2 heterocycles. The number of thioether (sulfide) groups is 1. The normalized spacial score (nSPS) is 14.4. The summed E-state index contributed by atoms with van der Waals surface area (Å²) in [6.45, 7) is 5.06. The van der Waals surface area contributed by atoms with Crippen molar-refractivity contribution in [2.24, 2.45) is 0 Å². The molecule has 30 heavy (non-hydrogen) atoms. The first-order chi connectivity index (χ1) is 14.4. The summed E-state index contributed by atoms with van der Waals surface area (Å²) in [7, 11) is 0. The molecule has 1 aliphatic rings. The van der Waals surface area contributed by atoms with Gasteiger partial charge in [-0.05, 0) is 44.9 Å². The highest BCUT2D eigenvalue weighted by Crippen LogP contribution is 2.41. The Kier molecular flexibility index (Phi) is 5.58. The third-order valence-corrected chi connectivity index (χ3v) is 5.59. The minimum atomic E-state index is -0.441. The lowest BCUT2D eigenvalue weighted by Crippen LogP contribution is -2.22. The van der Waals surface area contributed by atoms with Crippen LogP contribution in [0.3, 0.4) is 0 Å². The third-order valence-electron chi connectivity index (χ3n) is 4.55. The SMILES string of the molecule is CC(=O)Nc1cccc(-n2c(SC(C)C(=O)Nc3cc(C)no3)nnc2C2CC2)c1. The molecule has 4 rings (SSSR count). The van der Waals surface area contributed by atoms with Gasteiger partial charge in [0.1, 0.15) is 5.82 Å². The molecule has 1 aliphatic carbocycles. The Bertz CT molecular complexity index is 1090. The van der Waals surface area contributed by atoms with Gasteiger partial charge < -0.3 is 9.84 Å². The van der Waals surface area contributed by atoms with E-state index in [1.54, 1.807) is 19.9 Å². The molecule has 2 amide bonds. The highest BCUT2D eigenvalue weighted by Gasteiger charge is 2.32. The van der Waals surface area contributed by atoms with Crippen molar-refractivity contribution in [3.63, 3.8) is 0 Å². The van der Waals surface area contributed by atoms with Crippen LogP contribution >= 0.6 is 11.8 Å². The maximum absolute atomic E-state index is 12.6. The number of hydrogen-bond donors (Lipinski definition) is 2. The number of aromatic nitrogens is 4. The Hall–Kier alpha value is -3.14. The molecule has 1 atom stereocenters.